The van der Waals surface area contributed by atoms with Crippen molar-refractivity contribution in [1.82, 2.24) is 4.90 Å². The van der Waals surface area contributed by atoms with Crippen molar-refractivity contribution in [2.24, 2.45) is 0 Å². The predicted octanol–water partition coefficient (Wildman–Crippen LogP) is 4.79. The number of aliphatic hydroxyl groups is 1. The van der Waals surface area contributed by atoms with Crippen molar-refractivity contribution in [3.8, 4) is 0 Å². The number of carboxylic acid groups (broad SMARTS) is 1. The van der Waals surface area contributed by atoms with Gasteiger partial charge >= 0.3 is 5.97 Å². The van der Waals surface area contributed by atoms with Gasteiger partial charge in [-0.15, -0.1) is 0 Å². The molecule has 0 spiro atoms. The van der Waals surface area contributed by atoms with Gasteiger partial charge in [-0.05, 0) is 36.6 Å². The van der Waals surface area contributed by atoms with Crippen LogP contribution >= 0.6 is 0 Å². The van der Waals surface area contributed by atoms with Gasteiger partial charge in [-0.1, -0.05) is 49.4 Å². The van der Waals surface area contributed by atoms with E-state index in [0.717, 1.165) is 11.1 Å². The van der Waals surface area contributed by atoms with Crippen LogP contribution in [0.3, 0.4) is 0 Å². The smallest absolute Gasteiger partial charge is 0.335 e. The number of benzene rings is 2. The van der Waals surface area contributed by atoms with Crippen molar-refractivity contribution in [1.29, 1.82) is 0 Å². The molecule has 1 heterocycles. The fourth-order valence-electron chi connectivity index (χ4n) is 4.08. The van der Waals surface area contributed by atoms with Crippen molar-refractivity contribution in [3.05, 3.63) is 82.9 Å². The largest absolute Gasteiger partial charge is 0.510 e. The molecule has 1 aliphatic heterocycles. The number of rotatable bonds is 5. The van der Waals surface area contributed by atoms with Crippen molar-refractivity contribution in [2.75, 3.05) is 6.54 Å². The summed E-state index contributed by atoms with van der Waals surface area (Å²) in [6.45, 7) is 4.17. The minimum atomic E-state index is -1.11. The number of carbonyl (C=O) groups is 1. The summed E-state index contributed by atoms with van der Waals surface area (Å²) in [5.41, 5.74) is 1.30. The molecule has 2 aromatic rings. The van der Waals surface area contributed by atoms with Crippen LogP contribution in [0.25, 0.3) is 0 Å². The van der Waals surface area contributed by atoms with E-state index in [9.17, 15) is 19.4 Å². The molecule has 0 saturated carbocycles. The Hall–Kier alpha value is -2.66. The van der Waals surface area contributed by atoms with Crippen LogP contribution in [0.5, 0.6) is 0 Å². The summed E-state index contributed by atoms with van der Waals surface area (Å²) in [5, 5.41) is 20.0. The first kappa shape index (κ1) is 19.1. The average molecular weight is 369 g/mol. The van der Waals surface area contributed by atoms with Crippen molar-refractivity contribution in [2.45, 2.75) is 38.3 Å². The molecule has 2 aromatic carbocycles. The highest BCUT2D eigenvalue weighted by Crippen LogP contribution is 2.46. The van der Waals surface area contributed by atoms with Gasteiger partial charge in [-0.2, -0.15) is 0 Å². The van der Waals surface area contributed by atoms with E-state index in [1.165, 1.54) is 12.1 Å². The van der Waals surface area contributed by atoms with E-state index < -0.39 is 11.5 Å². The van der Waals surface area contributed by atoms with Crippen LogP contribution in [0.1, 0.15) is 43.9 Å². The minimum absolute atomic E-state index is 0.0256. The summed E-state index contributed by atoms with van der Waals surface area (Å²) in [6, 6.07) is 16.1. The predicted molar refractivity (Wildman–Crippen MR) is 102 cm³/mol. The van der Waals surface area contributed by atoms with E-state index in [1.54, 1.807) is 12.1 Å². The number of aliphatic hydroxyl groups excluding tert-OH is 1. The number of halogens is 1. The summed E-state index contributed by atoms with van der Waals surface area (Å²) < 4.78 is 13.5. The van der Waals surface area contributed by atoms with E-state index in [0.29, 0.717) is 6.42 Å². The summed E-state index contributed by atoms with van der Waals surface area (Å²) in [5.74, 6) is -1.56. The third-order valence-corrected chi connectivity index (χ3v) is 5.66. The topological polar surface area (TPSA) is 60.8 Å². The summed E-state index contributed by atoms with van der Waals surface area (Å²) >= 11 is 0. The molecule has 0 amide bonds. The molecular weight excluding hydrogens is 345 g/mol. The highest BCUT2D eigenvalue weighted by Gasteiger charge is 2.45. The normalized spacial score (nSPS) is 21.9. The molecule has 2 atom stereocenters. The molecule has 3 rings (SSSR count). The second-order valence-corrected chi connectivity index (χ2v) is 7.01. The summed E-state index contributed by atoms with van der Waals surface area (Å²) in [7, 11) is 0. The van der Waals surface area contributed by atoms with Crippen LogP contribution < -0.4 is 0 Å². The minimum Gasteiger partial charge on any atom is -0.510 e. The number of nitrogens with zero attached hydrogens (tertiary/aromatic N) is 1. The zero-order chi connectivity index (χ0) is 19.6. The van der Waals surface area contributed by atoms with Gasteiger partial charge in [0.1, 0.15) is 11.6 Å². The number of hydrogen-bond donors (Lipinski definition) is 2. The SMILES string of the molecule is CCC1(c2ccc(F)cc2)CC(C(=O)O)=C(O)CN1C(C)c1ccccc1. The zero-order valence-corrected chi connectivity index (χ0v) is 15.5. The monoisotopic (exact) mass is 369 g/mol. The van der Waals surface area contributed by atoms with Crippen LogP contribution in [0.15, 0.2) is 65.9 Å². The molecule has 0 fully saturated rings. The molecule has 0 bridgehead atoms. The standard InChI is InChI=1S/C22H24FNO3/c1-3-22(17-9-11-18(23)12-10-17)13-19(21(26)27)20(25)14-24(22)15(2)16-7-5-4-6-8-16/h4-12,15,25H,3,13-14H2,1-2H3,(H,26,27). The molecule has 0 saturated heterocycles. The molecule has 0 aromatic heterocycles. The third-order valence-electron chi connectivity index (χ3n) is 5.66. The molecule has 142 valence electrons. The van der Waals surface area contributed by atoms with Crippen LogP contribution in [-0.4, -0.2) is 27.6 Å². The molecular formula is C22H24FNO3. The molecule has 0 radical (unpaired) electrons. The first-order valence-corrected chi connectivity index (χ1v) is 9.11. The third kappa shape index (κ3) is 3.47. The Kier molecular flexibility index (Phi) is 5.33. The first-order valence-electron chi connectivity index (χ1n) is 9.11. The maximum Gasteiger partial charge on any atom is 0.335 e. The van der Waals surface area contributed by atoms with Crippen LogP contribution in [0.4, 0.5) is 4.39 Å². The van der Waals surface area contributed by atoms with Crippen molar-refractivity contribution < 1.29 is 19.4 Å². The maximum atomic E-state index is 13.5. The van der Waals surface area contributed by atoms with Crippen LogP contribution in [0.2, 0.25) is 0 Å². The van der Waals surface area contributed by atoms with E-state index in [2.05, 4.69) is 4.90 Å². The highest BCUT2D eigenvalue weighted by atomic mass is 19.1. The van der Waals surface area contributed by atoms with Crippen molar-refractivity contribution >= 4 is 5.97 Å². The Morgan fingerprint density at radius 1 is 1.19 bits per heavy atom. The molecule has 27 heavy (non-hydrogen) atoms. The van der Waals surface area contributed by atoms with Gasteiger partial charge in [0.2, 0.25) is 0 Å². The lowest BCUT2D eigenvalue weighted by Gasteiger charge is -2.50. The molecule has 2 N–H and O–H groups in total. The number of carboxylic acids is 1. The van der Waals surface area contributed by atoms with Gasteiger partial charge in [-0.3, -0.25) is 4.90 Å². The summed E-state index contributed by atoms with van der Waals surface area (Å²) in [6.07, 6.45) is 0.785. The fourth-order valence-corrected chi connectivity index (χ4v) is 4.08. The summed E-state index contributed by atoms with van der Waals surface area (Å²) in [4.78, 5) is 13.8. The van der Waals surface area contributed by atoms with E-state index in [-0.39, 0.29) is 36.2 Å². The van der Waals surface area contributed by atoms with Crippen LogP contribution in [-0.2, 0) is 10.3 Å². The van der Waals surface area contributed by atoms with Gasteiger partial charge in [0.05, 0.1) is 17.7 Å². The Balaban J connectivity index is 2.15. The Labute approximate surface area is 158 Å². The number of hydrogen-bond acceptors (Lipinski definition) is 3. The zero-order valence-electron chi connectivity index (χ0n) is 15.5. The van der Waals surface area contributed by atoms with Crippen LogP contribution in [0, 0.1) is 5.82 Å². The molecule has 2 unspecified atom stereocenters. The average Bonchev–Trinajstić information content (AvgIpc) is 2.68. The Morgan fingerprint density at radius 2 is 1.81 bits per heavy atom. The van der Waals surface area contributed by atoms with Gasteiger partial charge in [-0.25, -0.2) is 9.18 Å². The van der Waals surface area contributed by atoms with E-state index >= 15 is 0 Å². The first-order chi connectivity index (χ1) is 12.9. The van der Waals surface area contributed by atoms with Crippen molar-refractivity contribution in [3.63, 3.8) is 0 Å². The number of aliphatic carboxylic acids is 1. The van der Waals surface area contributed by atoms with Gasteiger partial charge in [0.25, 0.3) is 0 Å². The lowest BCUT2D eigenvalue weighted by Crippen LogP contribution is -2.51. The van der Waals surface area contributed by atoms with E-state index in [1.807, 2.05) is 44.2 Å². The fraction of sp³-hybridized carbons (Fsp3) is 0.318. The maximum absolute atomic E-state index is 13.5. The second kappa shape index (κ2) is 7.53. The Bertz CT molecular complexity index is 848. The lowest BCUT2D eigenvalue weighted by atomic mass is 9.76. The molecule has 0 aliphatic carbocycles. The quantitative estimate of drug-likeness (QED) is 0.795. The second-order valence-electron chi connectivity index (χ2n) is 7.01. The Morgan fingerprint density at radius 3 is 2.37 bits per heavy atom. The molecule has 1 aliphatic rings. The van der Waals surface area contributed by atoms with Gasteiger partial charge in [0.15, 0.2) is 0 Å². The highest BCUT2D eigenvalue weighted by molar-refractivity contribution is 5.87. The van der Waals surface area contributed by atoms with Gasteiger partial charge in [0, 0.05) is 12.5 Å². The van der Waals surface area contributed by atoms with Gasteiger partial charge < -0.3 is 10.2 Å². The lowest BCUT2D eigenvalue weighted by molar-refractivity contribution is -0.134. The molecule has 4 nitrogen and oxygen atoms in total. The molecule has 5 heteroatoms. The van der Waals surface area contributed by atoms with E-state index in [4.69, 9.17) is 0 Å².